The minimum absolute atomic E-state index is 0.183. The van der Waals surface area contributed by atoms with E-state index in [9.17, 15) is 4.79 Å². The van der Waals surface area contributed by atoms with E-state index < -0.39 is 0 Å². The lowest BCUT2D eigenvalue weighted by Gasteiger charge is -2.24. The van der Waals surface area contributed by atoms with Gasteiger partial charge in [0.05, 0.1) is 19.3 Å². The van der Waals surface area contributed by atoms with Crippen molar-refractivity contribution in [3.8, 4) is 0 Å². The standard InChI is InChI=1S/C14H19N7O2/c1-8(2)21(7-12-16-9(3)23-19-12)6-11-17-13-10(14(22)18-11)5-15-20(13)4/h5,8H,6-7H2,1-4H3,(H,17,18,22). The summed E-state index contributed by atoms with van der Waals surface area (Å²) in [5, 5.41) is 8.48. The Morgan fingerprint density at radius 2 is 2.13 bits per heavy atom. The highest BCUT2D eigenvalue weighted by molar-refractivity contribution is 5.72. The van der Waals surface area contributed by atoms with Crippen molar-refractivity contribution in [2.24, 2.45) is 7.05 Å². The lowest BCUT2D eigenvalue weighted by molar-refractivity contribution is 0.191. The van der Waals surface area contributed by atoms with Gasteiger partial charge in [-0.2, -0.15) is 10.1 Å². The SMILES string of the molecule is Cc1nc(CN(Cc2nc3c(cnn3C)c(=O)[nH]2)C(C)C)no1. The Balaban J connectivity index is 1.88. The fourth-order valence-corrected chi connectivity index (χ4v) is 2.35. The maximum Gasteiger partial charge on any atom is 0.262 e. The van der Waals surface area contributed by atoms with E-state index in [-0.39, 0.29) is 11.6 Å². The van der Waals surface area contributed by atoms with Crippen LogP contribution in [0.4, 0.5) is 0 Å². The van der Waals surface area contributed by atoms with E-state index in [0.717, 1.165) is 0 Å². The Bertz CT molecular complexity index is 877. The highest BCUT2D eigenvalue weighted by Gasteiger charge is 2.17. The minimum atomic E-state index is -0.183. The van der Waals surface area contributed by atoms with Crippen LogP contribution >= 0.6 is 0 Å². The molecule has 0 saturated heterocycles. The van der Waals surface area contributed by atoms with Gasteiger partial charge in [-0.05, 0) is 13.8 Å². The van der Waals surface area contributed by atoms with E-state index in [1.165, 1.54) is 6.20 Å². The lowest BCUT2D eigenvalue weighted by Crippen LogP contribution is -2.32. The second-order valence-electron chi connectivity index (χ2n) is 5.75. The van der Waals surface area contributed by atoms with E-state index in [1.54, 1.807) is 18.7 Å². The van der Waals surface area contributed by atoms with Crippen LogP contribution in [-0.4, -0.2) is 40.8 Å². The molecule has 0 bridgehead atoms. The monoisotopic (exact) mass is 317 g/mol. The first kappa shape index (κ1) is 15.3. The topological polar surface area (TPSA) is 106 Å². The predicted molar refractivity (Wildman–Crippen MR) is 82.5 cm³/mol. The van der Waals surface area contributed by atoms with Gasteiger partial charge >= 0.3 is 0 Å². The number of H-pyrrole nitrogens is 1. The molecule has 3 aromatic heterocycles. The molecule has 0 spiro atoms. The Morgan fingerprint density at radius 1 is 1.35 bits per heavy atom. The summed E-state index contributed by atoms with van der Waals surface area (Å²) in [6.07, 6.45) is 1.52. The first-order valence-corrected chi connectivity index (χ1v) is 7.38. The Labute approximate surface area is 132 Å². The fraction of sp³-hybridized carbons (Fsp3) is 0.500. The number of aryl methyl sites for hydroxylation is 2. The summed E-state index contributed by atoms with van der Waals surface area (Å²) in [6, 6.07) is 0.223. The van der Waals surface area contributed by atoms with E-state index in [4.69, 9.17) is 4.52 Å². The molecule has 0 amide bonds. The Kier molecular flexibility index (Phi) is 3.95. The molecule has 23 heavy (non-hydrogen) atoms. The number of fused-ring (bicyclic) bond motifs is 1. The highest BCUT2D eigenvalue weighted by Crippen LogP contribution is 2.11. The van der Waals surface area contributed by atoms with Gasteiger partial charge in [-0.1, -0.05) is 5.16 Å². The smallest absolute Gasteiger partial charge is 0.262 e. The molecule has 9 nitrogen and oxygen atoms in total. The summed E-state index contributed by atoms with van der Waals surface area (Å²) >= 11 is 0. The first-order valence-electron chi connectivity index (χ1n) is 7.38. The van der Waals surface area contributed by atoms with Crippen molar-refractivity contribution < 1.29 is 4.52 Å². The molecule has 3 rings (SSSR count). The van der Waals surface area contributed by atoms with E-state index in [1.807, 2.05) is 0 Å². The van der Waals surface area contributed by atoms with Crippen LogP contribution in [0.3, 0.4) is 0 Å². The van der Waals surface area contributed by atoms with Crippen LogP contribution in [0, 0.1) is 6.92 Å². The molecule has 122 valence electrons. The molecule has 0 aromatic carbocycles. The van der Waals surface area contributed by atoms with Crippen molar-refractivity contribution in [2.75, 3.05) is 0 Å². The summed E-state index contributed by atoms with van der Waals surface area (Å²) in [6.45, 7) is 6.87. The number of aromatic amines is 1. The molecule has 0 saturated carbocycles. The third-order valence-corrected chi connectivity index (χ3v) is 3.65. The normalized spacial score (nSPS) is 11.9. The summed E-state index contributed by atoms with van der Waals surface area (Å²) < 4.78 is 6.60. The van der Waals surface area contributed by atoms with Crippen molar-refractivity contribution >= 4 is 11.0 Å². The quantitative estimate of drug-likeness (QED) is 0.740. The van der Waals surface area contributed by atoms with Gasteiger partial charge in [-0.15, -0.1) is 0 Å². The number of aromatic nitrogens is 6. The van der Waals surface area contributed by atoms with Crippen molar-refractivity contribution in [3.05, 3.63) is 34.1 Å². The zero-order chi connectivity index (χ0) is 16.6. The number of nitrogens with zero attached hydrogens (tertiary/aromatic N) is 6. The average molecular weight is 317 g/mol. The van der Waals surface area contributed by atoms with Gasteiger partial charge in [-0.3, -0.25) is 14.4 Å². The van der Waals surface area contributed by atoms with Crippen molar-refractivity contribution in [1.82, 2.24) is 34.8 Å². The number of hydrogen-bond acceptors (Lipinski definition) is 7. The number of hydrogen-bond donors (Lipinski definition) is 1. The number of nitrogens with one attached hydrogen (secondary N) is 1. The second kappa shape index (κ2) is 5.92. The molecule has 3 heterocycles. The molecule has 0 aliphatic rings. The summed E-state index contributed by atoms with van der Waals surface area (Å²) in [4.78, 5) is 25.8. The average Bonchev–Trinajstić information content (AvgIpc) is 3.05. The molecular weight excluding hydrogens is 298 g/mol. The van der Waals surface area contributed by atoms with Crippen LogP contribution in [0.1, 0.15) is 31.4 Å². The molecule has 0 radical (unpaired) electrons. The second-order valence-corrected chi connectivity index (χ2v) is 5.75. The van der Waals surface area contributed by atoms with Gasteiger partial charge in [0, 0.05) is 20.0 Å². The van der Waals surface area contributed by atoms with Gasteiger partial charge in [0.25, 0.3) is 5.56 Å². The van der Waals surface area contributed by atoms with E-state index in [2.05, 4.69) is 44.0 Å². The van der Waals surface area contributed by atoms with E-state index >= 15 is 0 Å². The van der Waals surface area contributed by atoms with Crippen LogP contribution in [0.25, 0.3) is 11.0 Å². The van der Waals surface area contributed by atoms with Crippen LogP contribution in [0.15, 0.2) is 15.5 Å². The number of rotatable bonds is 5. The molecule has 0 fully saturated rings. The van der Waals surface area contributed by atoms with Gasteiger partial charge in [-0.25, -0.2) is 4.98 Å². The molecular formula is C14H19N7O2. The maximum atomic E-state index is 12.1. The van der Waals surface area contributed by atoms with Gasteiger partial charge in [0.2, 0.25) is 5.89 Å². The van der Waals surface area contributed by atoms with Gasteiger partial charge in [0.1, 0.15) is 11.2 Å². The zero-order valence-electron chi connectivity index (χ0n) is 13.6. The first-order chi connectivity index (χ1) is 10.9. The van der Waals surface area contributed by atoms with Crippen LogP contribution in [0.2, 0.25) is 0 Å². The van der Waals surface area contributed by atoms with Gasteiger partial charge < -0.3 is 9.51 Å². The van der Waals surface area contributed by atoms with Crippen LogP contribution in [0.5, 0.6) is 0 Å². The summed E-state index contributed by atoms with van der Waals surface area (Å²) in [5.74, 6) is 1.73. The minimum Gasteiger partial charge on any atom is -0.340 e. The predicted octanol–water partition coefficient (Wildman–Crippen LogP) is 0.759. The highest BCUT2D eigenvalue weighted by atomic mass is 16.5. The third kappa shape index (κ3) is 3.14. The lowest BCUT2D eigenvalue weighted by atomic mass is 10.3. The Morgan fingerprint density at radius 3 is 2.78 bits per heavy atom. The molecule has 0 unspecified atom stereocenters. The summed E-state index contributed by atoms with van der Waals surface area (Å²) in [7, 11) is 1.76. The van der Waals surface area contributed by atoms with Gasteiger partial charge in [0.15, 0.2) is 11.5 Å². The largest absolute Gasteiger partial charge is 0.340 e. The van der Waals surface area contributed by atoms with E-state index in [0.29, 0.717) is 41.7 Å². The zero-order valence-corrected chi connectivity index (χ0v) is 13.6. The molecule has 0 atom stereocenters. The molecule has 3 aromatic rings. The van der Waals surface area contributed by atoms with Crippen LogP contribution < -0.4 is 5.56 Å². The van der Waals surface area contributed by atoms with Crippen molar-refractivity contribution in [3.63, 3.8) is 0 Å². The molecule has 0 aliphatic heterocycles. The molecule has 0 aliphatic carbocycles. The third-order valence-electron chi connectivity index (χ3n) is 3.65. The molecule has 1 N–H and O–H groups in total. The summed E-state index contributed by atoms with van der Waals surface area (Å²) in [5.41, 5.74) is 0.389. The molecule has 9 heteroatoms. The maximum absolute atomic E-state index is 12.1. The van der Waals surface area contributed by atoms with Crippen LogP contribution in [-0.2, 0) is 20.1 Å². The van der Waals surface area contributed by atoms with Crippen molar-refractivity contribution in [2.45, 2.75) is 39.9 Å². The fourth-order valence-electron chi connectivity index (χ4n) is 2.35. The Hall–Kier alpha value is -2.55. The van der Waals surface area contributed by atoms with Crippen molar-refractivity contribution in [1.29, 1.82) is 0 Å².